The van der Waals surface area contributed by atoms with Crippen LogP contribution in [0, 0.1) is 0 Å². The van der Waals surface area contributed by atoms with Gasteiger partial charge in [0.1, 0.15) is 5.52 Å². The van der Waals surface area contributed by atoms with Crippen molar-refractivity contribution in [1.29, 1.82) is 0 Å². The molecule has 1 aliphatic heterocycles. The van der Waals surface area contributed by atoms with Crippen molar-refractivity contribution >= 4 is 21.1 Å². The molecule has 1 aliphatic rings. The van der Waals surface area contributed by atoms with E-state index < -0.39 is 21.8 Å². The number of para-hydroxylation sites is 2. The maximum absolute atomic E-state index is 12.9. The van der Waals surface area contributed by atoms with Crippen molar-refractivity contribution in [2.75, 3.05) is 13.1 Å². The van der Waals surface area contributed by atoms with E-state index in [2.05, 4.69) is 4.98 Å². The molecule has 3 aromatic rings. The van der Waals surface area contributed by atoms with Gasteiger partial charge in [0.25, 0.3) is 0 Å². The van der Waals surface area contributed by atoms with Crippen LogP contribution < -0.4 is 0 Å². The molecule has 4 rings (SSSR count). The molecule has 0 aliphatic carbocycles. The lowest BCUT2D eigenvalue weighted by atomic mass is 10.00. The van der Waals surface area contributed by atoms with Crippen LogP contribution in [0.3, 0.4) is 0 Å². The van der Waals surface area contributed by atoms with Gasteiger partial charge in [-0.3, -0.25) is 0 Å². The smallest absolute Gasteiger partial charge is 0.416 e. The molecule has 0 saturated carbocycles. The maximum Gasteiger partial charge on any atom is 0.416 e. The molecule has 0 bridgehead atoms. The predicted octanol–water partition coefficient (Wildman–Crippen LogP) is 4.41. The monoisotopic (exact) mass is 410 g/mol. The van der Waals surface area contributed by atoms with Crippen LogP contribution in [0.15, 0.2) is 57.8 Å². The molecule has 2 heterocycles. The minimum absolute atomic E-state index is 0.154. The van der Waals surface area contributed by atoms with Crippen LogP contribution in [-0.2, 0) is 16.2 Å². The minimum Gasteiger partial charge on any atom is -0.440 e. The number of piperidine rings is 1. The number of nitrogens with zero attached hydrogens (tertiary/aromatic N) is 2. The third-order valence-electron chi connectivity index (χ3n) is 4.86. The van der Waals surface area contributed by atoms with E-state index in [9.17, 15) is 21.6 Å². The van der Waals surface area contributed by atoms with Gasteiger partial charge in [0.2, 0.25) is 10.0 Å². The molecule has 0 N–H and O–H groups in total. The van der Waals surface area contributed by atoms with Crippen LogP contribution in [0.2, 0.25) is 0 Å². The molecule has 148 valence electrons. The van der Waals surface area contributed by atoms with Gasteiger partial charge in [-0.05, 0) is 49.2 Å². The summed E-state index contributed by atoms with van der Waals surface area (Å²) in [6, 6.07) is 10.9. The van der Waals surface area contributed by atoms with E-state index in [1.165, 1.54) is 4.31 Å². The summed E-state index contributed by atoms with van der Waals surface area (Å²) in [5.74, 6) is 0.277. The Labute approximate surface area is 159 Å². The Hall–Kier alpha value is -2.39. The Morgan fingerprint density at radius 3 is 2.46 bits per heavy atom. The predicted molar refractivity (Wildman–Crippen MR) is 96.2 cm³/mol. The first-order valence-electron chi connectivity index (χ1n) is 8.78. The van der Waals surface area contributed by atoms with E-state index in [1.54, 1.807) is 6.07 Å². The number of alkyl halides is 3. The second-order valence-electron chi connectivity index (χ2n) is 6.74. The largest absolute Gasteiger partial charge is 0.440 e. The summed E-state index contributed by atoms with van der Waals surface area (Å²) in [7, 11) is -3.90. The Balaban J connectivity index is 1.58. The van der Waals surface area contributed by atoms with Gasteiger partial charge in [0, 0.05) is 19.0 Å². The van der Waals surface area contributed by atoms with Crippen LogP contribution >= 0.6 is 0 Å². The van der Waals surface area contributed by atoms with Gasteiger partial charge >= 0.3 is 6.18 Å². The van der Waals surface area contributed by atoms with Crippen LogP contribution in [0.5, 0.6) is 0 Å². The van der Waals surface area contributed by atoms with Gasteiger partial charge < -0.3 is 4.42 Å². The normalized spacial score (nSPS) is 19.2. The Kier molecular flexibility index (Phi) is 4.67. The summed E-state index contributed by atoms with van der Waals surface area (Å²) in [5, 5.41) is 0. The lowest BCUT2D eigenvalue weighted by Crippen LogP contribution is -2.39. The third-order valence-corrected chi connectivity index (χ3v) is 6.74. The van der Waals surface area contributed by atoms with Crippen molar-refractivity contribution in [1.82, 2.24) is 9.29 Å². The molecule has 1 saturated heterocycles. The molecule has 9 heteroatoms. The minimum atomic E-state index is -4.51. The summed E-state index contributed by atoms with van der Waals surface area (Å²) in [6.45, 7) is 0.482. The number of benzene rings is 2. The van der Waals surface area contributed by atoms with Crippen LogP contribution in [0.25, 0.3) is 11.1 Å². The SMILES string of the molecule is O=S(=O)(c1ccc(C(F)(F)F)cc1)N1CCCC(c2nc3ccccc3o2)C1. The number of sulfonamides is 1. The molecule has 2 aromatic carbocycles. The number of hydrogen-bond acceptors (Lipinski definition) is 4. The molecule has 1 aromatic heterocycles. The molecule has 1 atom stereocenters. The number of aromatic nitrogens is 1. The van der Waals surface area contributed by atoms with Crippen molar-refractivity contribution < 1.29 is 26.0 Å². The second kappa shape index (κ2) is 6.89. The molecular weight excluding hydrogens is 393 g/mol. The highest BCUT2D eigenvalue weighted by atomic mass is 32.2. The van der Waals surface area contributed by atoms with Crippen molar-refractivity contribution in [3.8, 4) is 0 Å². The Bertz CT molecular complexity index is 1060. The summed E-state index contributed by atoms with van der Waals surface area (Å²) in [6.07, 6.45) is -3.17. The molecule has 1 fully saturated rings. The number of hydrogen-bond donors (Lipinski definition) is 0. The van der Waals surface area contributed by atoms with E-state index in [4.69, 9.17) is 4.42 Å². The maximum atomic E-state index is 12.9. The third kappa shape index (κ3) is 3.51. The zero-order chi connectivity index (χ0) is 19.9. The Morgan fingerprint density at radius 1 is 1.07 bits per heavy atom. The molecule has 28 heavy (non-hydrogen) atoms. The topological polar surface area (TPSA) is 63.4 Å². The molecule has 5 nitrogen and oxygen atoms in total. The van der Waals surface area contributed by atoms with E-state index >= 15 is 0 Å². The van der Waals surface area contributed by atoms with Crippen molar-refractivity contribution in [3.05, 3.63) is 60.0 Å². The average molecular weight is 410 g/mol. The fraction of sp³-hybridized carbons (Fsp3) is 0.316. The first-order chi connectivity index (χ1) is 13.2. The lowest BCUT2D eigenvalue weighted by molar-refractivity contribution is -0.137. The molecule has 1 unspecified atom stereocenters. The van der Waals surface area contributed by atoms with Crippen LogP contribution in [0.4, 0.5) is 13.2 Å². The van der Waals surface area contributed by atoms with Gasteiger partial charge in [0.15, 0.2) is 11.5 Å². The number of fused-ring (bicyclic) bond motifs is 1. The first-order valence-corrected chi connectivity index (χ1v) is 10.2. The summed E-state index contributed by atoms with van der Waals surface area (Å²) in [4.78, 5) is 4.30. The quantitative estimate of drug-likeness (QED) is 0.642. The van der Waals surface area contributed by atoms with Crippen molar-refractivity contribution in [2.24, 2.45) is 0 Å². The Morgan fingerprint density at radius 2 is 1.79 bits per heavy atom. The van der Waals surface area contributed by atoms with Gasteiger partial charge in [-0.15, -0.1) is 0 Å². The van der Waals surface area contributed by atoms with Gasteiger partial charge in [-0.25, -0.2) is 13.4 Å². The number of halogens is 3. The lowest BCUT2D eigenvalue weighted by Gasteiger charge is -2.30. The molecule has 0 spiro atoms. The zero-order valence-electron chi connectivity index (χ0n) is 14.7. The molecule has 0 radical (unpaired) electrons. The first kappa shape index (κ1) is 18.9. The van der Waals surface area contributed by atoms with E-state index in [-0.39, 0.29) is 17.4 Å². The highest BCUT2D eigenvalue weighted by Crippen LogP contribution is 2.33. The second-order valence-corrected chi connectivity index (χ2v) is 8.68. The number of oxazole rings is 1. The summed E-state index contributed by atoms with van der Waals surface area (Å²) in [5.41, 5.74) is 0.467. The van der Waals surface area contributed by atoms with Crippen LogP contribution in [0.1, 0.15) is 30.2 Å². The fourth-order valence-electron chi connectivity index (χ4n) is 3.39. The number of rotatable bonds is 3. The standard InChI is InChI=1S/C19H17F3N2O3S/c20-19(21,22)14-7-9-15(10-8-14)28(25,26)24-11-3-4-13(12-24)18-23-16-5-1-2-6-17(16)27-18/h1-2,5-10,13H,3-4,11-12H2. The highest BCUT2D eigenvalue weighted by molar-refractivity contribution is 7.89. The molecular formula is C19H17F3N2O3S. The zero-order valence-corrected chi connectivity index (χ0v) is 15.5. The van der Waals surface area contributed by atoms with E-state index in [0.717, 1.165) is 30.7 Å². The summed E-state index contributed by atoms with van der Waals surface area (Å²) >= 11 is 0. The highest BCUT2D eigenvalue weighted by Gasteiger charge is 2.34. The van der Waals surface area contributed by atoms with Gasteiger partial charge in [0.05, 0.1) is 10.5 Å². The van der Waals surface area contributed by atoms with Crippen molar-refractivity contribution in [3.63, 3.8) is 0 Å². The fourth-order valence-corrected chi connectivity index (χ4v) is 4.92. The van der Waals surface area contributed by atoms with Gasteiger partial charge in [-0.2, -0.15) is 17.5 Å². The van der Waals surface area contributed by atoms with Crippen molar-refractivity contribution in [2.45, 2.75) is 29.8 Å². The van der Waals surface area contributed by atoms with E-state index in [0.29, 0.717) is 30.0 Å². The summed E-state index contributed by atoms with van der Waals surface area (Å²) < 4.78 is 71.0. The van der Waals surface area contributed by atoms with E-state index in [1.807, 2.05) is 18.2 Å². The molecule has 0 amide bonds. The van der Waals surface area contributed by atoms with Crippen LogP contribution in [-0.4, -0.2) is 30.8 Å². The van der Waals surface area contributed by atoms with Gasteiger partial charge in [-0.1, -0.05) is 12.1 Å². The average Bonchev–Trinajstić information content (AvgIpc) is 3.12.